The van der Waals surface area contributed by atoms with E-state index in [2.05, 4.69) is 15.6 Å². The second kappa shape index (κ2) is 8.83. The Morgan fingerprint density at radius 3 is 1.92 bits per heavy atom. The zero-order valence-corrected chi connectivity index (χ0v) is 17.7. The van der Waals surface area contributed by atoms with Gasteiger partial charge in [0.25, 0.3) is 0 Å². The quantitative estimate of drug-likeness (QED) is 0.348. The number of aliphatic imine (C=N–C) groups is 1. The SMILES string of the molecule is I.O=S1(=O)CCC(CN=C(NC2CC2)NC2CCC(C(F)(F)F)CC2)C1. The standard InChI is InChI=1S/C16H26F3N3O2S.HI/c17-16(18,19)12-1-3-13(4-2-12)21-15(22-14-5-6-14)20-9-11-7-8-25(23,24)10-11;/h11-14H,1-10H2,(H2,20,21,22);1H. The molecule has 26 heavy (non-hydrogen) atoms. The Morgan fingerprint density at radius 1 is 0.962 bits per heavy atom. The van der Waals surface area contributed by atoms with E-state index in [4.69, 9.17) is 0 Å². The summed E-state index contributed by atoms with van der Waals surface area (Å²) in [5.74, 6) is -0.103. The van der Waals surface area contributed by atoms with E-state index in [1.54, 1.807) is 0 Å². The summed E-state index contributed by atoms with van der Waals surface area (Å²) in [6.07, 6.45) is -0.0574. The molecule has 0 radical (unpaired) electrons. The maximum absolute atomic E-state index is 12.8. The van der Waals surface area contributed by atoms with E-state index in [1.165, 1.54) is 0 Å². The van der Waals surface area contributed by atoms with Crippen molar-refractivity contribution in [3.8, 4) is 0 Å². The van der Waals surface area contributed by atoms with E-state index in [9.17, 15) is 21.6 Å². The zero-order chi connectivity index (χ0) is 18.1. The molecule has 2 saturated carbocycles. The average molecular weight is 509 g/mol. The minimum absolute atomic E-state index is 0. The fraction of sp³-hybridized carbons (Fsp3) is 0.938. The summed E-state index contributed by atoms with van der Waals surface area (Å²) in [5, 5.41) is 6.56. The van der Waals surface area contributed by atoms with Crippen molar-refractivity contribution in [1.82, 2.24) is 10.6 Å². The monoisotopic (exact) mass is 509 g/mol. The van der Waals surface area contributed by atoms with Gasteiger partial charge in [0.1, 0.15) is 0 Å². The largest absolute Gasteiger partial charge is 0.391 e. The lowest BCUT2D eigenvalue weighted by atomic mass is 9.85. The number of nitrogens with zero attached hydrogens (tertiary/aromatic N) is 1. The van der Waals surface area contributed by atoms with Crippen LogP contribution in [0.15, 0.2) is 4.99 Å². The molecule has 0 bridgehead atoms. The summed E-state index contributed by atoms with van der Waals surface area (Å²) < 4.78 is 61.3. The molecule has 2 N–H and O–H groups in total. The minimum atomic E-state index is -4.10. The van der Waals surface area contributed by atoms with Crippen molar-refractivity contribution >= 4 is 39.8 Å². The van der Waals surface area contributed by atoms with Crippen molar-refractivity contribution in [3.05, 3.63) is 0 Å². The van der Waals surface area contributed by atoms with Gasteiger partial charge >= 0.3 is 6.18 Å². The Labute approximate surface area is 169 Å². The number of alkyl halides is 3. The molecule has 3 fully saturated rings. The normalized spacial score (nSPS) is 32.0. The third kappa shape index (κ3) is 6.72. The molecule has 152 valence electrons. The van der Waals surface area contributed by atoms with Gasteiger partial charge in [-0.05, 0) is 50.9 Å². The van der Waals surface area contributed by atoms with Gasteiger partial charge < -0.3 is 10.6 Å². The van der Waals surface area contributed by atoms with Crippen LogP contribution in [-0.4, -0.2) is 50.7 Å². The molecule has 1 unspecified atom stereocenters. The number of hydrogen-bond donors (Lipinski definition) is 2. The van der Waals surface area contributed by atoms with Crippen LogP contribution in [0.2, 0.25) is 0 Å². The van der Waals surface area contributed by atoms with Crippen LogP contribution in [0.4, 0.5) is 13.2 Å². The van der Waals surface area contributed by atoms with E-state index in [0.29, 0.717) is 37.8 Å². The lowest BCUT2D eigenvalue weighted by molar-refractivity contribution is -0.182. The highest BCUT2D eigenvalue weighted by molar-refractivity contribution is 14.0. The van der Waals surface area contributed by atoms with Gasteiger partial charge in [-0.1, -0.05) is 0 Å². The predicted octanol–water partition coefficient (Wildman–Crippen LogP) is 2.86. The molecule has 1 atom stereocenters. The number of rotatable bonds is 4. The van der Waals surface area contributed by atoms with Crippen LogP contribution in [0, 0.1) is 11.8 Å². The molecule has 10 heteroatoms. The van der Waals surface area contributed by atoms with Gasteiger partial charge in [-0.25, -0.2) is 8.42 Å². The molecule has 3 rings (SSSR count). The second-order valence-corrected chi connectivity index (χ2v) is 9.84. The summed E-state index contributed by atoms with van der Waals surface area (Å²) >= 11 is 0. The molecular formula is C16H27F3IN3O2S. The van der Waals surface area contributed by atoms with Crippen molar-refractivity contribution in [2.45, 2.75) is 63.2 Å². The molecule has 1 saturated heterocycles. The lowest BCUT2D eigenvalue weighted by Crippen LogP contribution is -2.46. The van der Waals surface area contributed by atoms with Gasteiger partial charge in [0.15, 0.2) is 15.8 Å². The first-order valence-corrected chi connectivity index (χ1v) is 10.9. The van der Waals surface area contributed by atoms with Gasteiger partial charge in [0, 0.05) is 18.6 Å². The smallest absolute Gasteiger partial charge is 0.354 e. The summed E-state index contributed by atoms with van der Waals surface area (Å²) in [6.45, 7) is 0.444. The van der Waals surface area contributed by atoms with Crippen LogP contribution in [0.1, 0.15) is 44.9 Å². The first-order valence-electron chi connectivity index (χ1n) is 9.06. The summed E-state index contributed by atoms with van der Waals surface area (Å²) in [4.78, 5) is 4.52. The van der Waals surface area contributed by atoms with E-state index in [-0.39, 0.29) is 60.3 Å². The first kappa shape index (κ1) is 22.0. The molecule has 0 aromatic carbocycles. The van der Waals surface area contributed by atoms with Crippen molar-refractivity contribution in [1.29, 1.82) is 0 Å². The third-order valence-corrected chi connectivity index (χ3v) is 7.12. The third-order valence-electron chi connectivity index (χ3n) is 5.28. The van der Waals surface area contributed by atoms with E-state index < -0.39 is 21.9 Å². The van der Waals surface area contributed by atoms with Gasteiger partial charge in [-0.15, -0.1) is 24.0 Å². The number of halogens is 4. The van der Waals surface area contributed by atoms with Gasteiger partial charge in [-0.3, -0.25) is 4.99 Å². The van der Waals surface area contributed by atoms with Crippen molar-refractivity contribution in [3.63, 3.8) is 0 Å². The first-order chi connectivity index (χ1) is 11.7. The fourth-order valence-corrected chi connectivity index (χ4v) is 5.40. The van der Waals surface area contributed by atoms with E-state index in [1.807, 2.05) is 0 Å². The minimum Gasteiger partial charge on any atom is -0.354 e. The molecule has 0 spiro atoms. The Morgan fingerprint density at radius 2 is 1.50 bits per heavy atom. The van der Waals surface area contributed by atoms with Crippen LogP contribution in [-0.2, 0) is 9.84 Å². The Balaban J connectivity index is 0.00000243. The van der Waals surface area contributed by atoms with E-state index in [0.717, 1.165) is 12.8 Å². The van der Waals surface area contributed by atoms with Crippen LogP contribution in [0.25, 0.3) is 0 Å². The molecule has 0 amide bonds. The topological polar surface area (TPSA) is 70.6 Å². The van der Waals surface area contributed by atoms with Crippen molar-refractivity contribution in [2.75, 3.05) is 18.1 Å². The Kier molecular flexibility index (Phi) is 7.48. The summed E-state index contributed by atoms with van der Waals surface area (Å²) in [6, 6.07) is 0.376. The van der Waals surface area contributed by atoms with Crippen LogP contribution in [0.5, 0.6) is 0 Å². The molecule has 3 aliphatic rings. The van der Waals surface area contributed by atoms with Crippen LogP contribution in [0.3, 0.4) is 0 Å². The van der Waals surface area contributed by atoms with E-state index >= 15 is 0 Å². The number of hydrogen-bond acceptors (Lipinski definition) is 3. The average Bonchev–Trinajstić information content (AvgIpc) is 3.26. The molecule has 0 aromatic rings. The van der Waals surface area contributed by atoms with Gasteiger partial charge in [0.2, 0.25) is 0 Å². The van der Waals surface area contributed by atoms with Gasteiger partial charge in [0.05, 0.1) is 17.4 Å². The fourth-order valence-electron chi connectivity index (χ4n) is 3.55. The molecule has 0 aromatic heterocycles. The van der Waals surface area contributed by atoms with Crippen molar-refractivity contribution in [2.24, 2.45) is 16.8 Å². The van der Waals surface area contributed by atoms with Crippen molar-refractivity contribution < 1.29 is 21.6 Å². The maximum atomic E-state index is 12.8. The maximum Gasteiger partial charge on any atom is 0.391 e. The van der Waals surface area contributed by atoms with Gasteiger partial charge in [-0.2, -0.15) is 13.2 Å². The molecule has 1 aliphatic heterocycles. The Bertz CT molecular complexity index is 600. The highest BCUT2D eigenvalue weighted by Crippen LogP contribution is 2.37. The molecule has 5 nitrogen and oxygen atoms in total. The predicted molar refractivity (Wildman–Crippen MR) is 106 cm³/mol. The Hall–Kier alpha value is -0.260. The summed E-state index contributed by atoms with van der Waals surface area (Å²) in [5.41, 5.74) is 0. The number of sulfone groups is 1. The highest BCUT2D eigenvalue weighted by atomic mass is 127. The molecule has 1 heterocycles. The number of nitrogens with one attached hydrogen (secondary N) is 2. The second-order valence-electron chi connectivity index (χ2n) is 7.61. The molecular weight excluding hydrogens is 482 g/mol. The lowest BCUT2D eigenvalue weighted by Gasteiger charge is -2.31. The summed E-state index contributed by atoms with van der Waals surface area (Å²) in [7, 11) is -2.92. The van der Waals surface area contributed by atoms with Crippen LogP contribution < -0.4 is 10.6 Å². The number of guanidine groups is 1. The zero-order valence-electron chi connectivity index (χ0n) is 14.6. The highest BCUT2D eigenvalue weighted by Gasteiger charge is 2.41. The van der Waals surface area contributed by atoms with Crippen LogP contribution >= 0.6 is 24.0 Å². The molecule has 2 aliphatic carbocycles.